The van der Waals surface area contributed by atoms with Crippen molar-refractivity contribution in [3.05, 3.63) is 83.9 Å². The van der Waals surface area contributed by atoms with Crippen molar-refractivity contribution in [2.45, 2.75) is 19.1 Å². The standard InChI is InChI=1S/C28H33N4O8P/c1-32(2,3)15-16-39-41(36,37)40-23-12-10-22(11-13-23)30-31-25-18-21(9-14-26(25)33)17-24(29)27(34)28(35)38-19-20-7-5-4-6-8-20/h4-14,18,24H,15-17,19,29H2,1-3H3,(H-,30,33,36,37)/p+1. The fourth-order valence-corrected chi connectivity index (χ4v) is 4.10. The molecular weight excluding hydrogens is 551 g/mol. The summed E-state index contributed by atoms with van der Waals surface area (Å²) in [6.45, 7) is 0.521. The van der Waals surface area contributed by atoms with Crippen LogP contribution in [-0.4, -0.2) is 66.6 Å². The molecule has 3 aromatic rings. The molecule has 0 aliphatic heterocycles. The van der Waals surface area contributed by atoms with Crippen molar-refractivity contribution in [1.82, 2.24) is 0 Å². The zero-order valence-electron chi connectivity index (χ0n) is 23.0. The van der Waals surface area contributed by atoms with Gasteiger partial charge >= 0.3 is 13.8 Å². The zero-order chi connectivity index (χ0) is 30.0. The number of nitrogens with zero attached hydrogens (tertiary/aromatic N) is 3. The molecule has 0 amide bonds. The van der Waals surface area contributed by atoms with Crippen LogP contribution in [-0.2, 0) is 36.4 Å². The average Bonchev–Trinajstić information content (AvgIpc) is 2.91. The highest BCUT2D eigenvalue weighted by Crippen LogP contribution is 2.44. The van der Waals surface area contributed by atoms with E-state index in [4.69, 9.17) is 19.5 Å². The molecule has 0 saturated heterocycles. The van der Waals surface area contributed by atoms with Crippen molar-refractivity contribution >= 4 is 31.0 Å². The fourth-order valence-electron chi connectivity index (χ4n) is 3.34. The van der Waals surface area contributed by atoms with Crippen molar-refractivity contribution in [3.8, 4) is 11.5 Å². The van der Waals surface area contributed by atoms with Gasteiger partial charge in [-0.1, -0.05) is 36.4 Å². The minimum absolute atomic E-state index is 0.00611. The Labute approximate surface area is 238 Å². The number of carbonyl (C=O) groups is 2. The molecule has 41 heavy (non-hydrogen) atoms. The molecule has 0 saturated carbocycles. The number of phenols is 1. The molecule has 12 nitrogen and oxygen atoms in total. The van der Waals surface area contributed by atoms with Crippen LogP contribution in [0.3, 0.4) is 0 Å². The Bertz CT molecular complexity index is 1410. The molecule has 0 fully saturated rings. The summed E-state index contributed by atoms with van der Waals surface area (Å²) in [5, 5.41) is 18.3. The van der Waals surface area contributed by atoms with E-state index in [1.54, 1.807) is 30.3 Å². The number of benzene rings is 3. The van der Waals surface area contributed by atoms with E-state index in [0.29, 0.717) is 22.3 Å². The van der Waals surface area contributed by atoms with Gasteiger partial charge in [0, 0.05) is 0 Å². The summed E-state index contributed by atoms with van der Waals surface area (Å²) in [5.74, 6) is -1.95. The maximum atomic E-state index is 12.4. The lowest BCUT2D eigenvalue weighted by molar-refractivity contribution is -0.870. The highest BCUT2D eigenvalue weighted by Gasteiger charge is 2.25. The van der Waals surface area contributed by atoms with Gasteiger partial charge in [0.05, 0.1) is 32.9 Å². The summed E-state index contributed by atoms with van der Waals surface area (Å²) in [6, 6.07) is 18.1. The second kappa shape index (κ2) is 14.1. The number of aromatic hydroxyl groups is 1. The summed E-state index contributed by atoms with van der Waals surface area (Å²) < 4.78 is 27.9. The molecule has 3 rings (SSSR count). The number of Topliss-reactive ketones (excluding diaryl/α,β-unsaturated/α-hetero) is 1. The number of phosphoric acid groups is 1. The summed E-state index contributed by atoms with van der Waals surface area (Å²) in [4.78, 5) is 34.5. The van der Waals surface area contributed by atoms with E-state index in [2.05, 4.69) is 10.2 Å². The smallest absolute Gasteiger partial charge is 0.506 e. The molecular formula is C28H34N4O8P+. The molecule has 13 heteroatoms. The van der Waals surface area contributed by atoms with Crippen molar-refractivity contribution in [2.24, 2.45) is 16.0 Å². The highest BCUT2D eigenvalue weighted by atomic mass is 31.2. The highest BCUT2D eigenvalue weighted by molar-refractivity contribution is 7.47. The van der Waals surface area contributed by atoms with Crippen molar-refractivity contribution in [1.29, 1.82) is 0 Å². The third-order valence-electron chi connectivity index (χ3n) is 5.59. The van der Waals surface area contributed by atoms with E-state index in [-0.39, 0.29) is 36.8 Å². The summed E-state index contributed by atoms with van der Waals surface area (Å²) >= 11 is 0. The van der Waals surface area contributed by atoms with E-state index < -0.39 is 25.6 Å². The van der Waals surface area contributed by atoms with Crippen molar-refractivity contribution < 1.29 is 42.4 Å². The van der Waals surface area contributed by atoms with Gasteiger partial charge in [-0.15, -0.1) is 5.11 Å². The summed E-state index contributed by atoms with van der Waals surface area (Å²) in [5.41, 5.74) is 7.71. The van der Waals surface area contributed by atoms with Crippen LogP contribution in [0.5, 0.6) is 11.5 Å². The van der Waals surface area contributed by atoms with Gasteiger partial charge in [-0.05, 0) is 53.9 Å². The number of rotatable bonds is 14. The Kier molecular flexibility index (Phi) is 10.9. The van der Waals surface area contributed by atoms with Crippen LogP contribution in [0, 0.1) is 0 Å². The zero-order valence-corrected chi connectivity index (χ0v) is 23.9. The average molecular weight is 586 g/mol. The molecule has 2 atom stereocenters. The predicted octanol–water partition coefficient (Wildman–Crippen LogP) is 4.19. The van der Waals surface area contributed by atoms with E-state index in [0.717, 1.165) is 5.56 Å². The Morgan fingerprint density at radius 2 is 1.66 bits per heavy atom. The van der Waals surface area contributed by atoms with Gasteiger partial charge in [-0.25, -0.2) is 9.36 Å². The predicted molar refractivity (Wildman–Crippen MR) is 151 cm³/mol. The van der Waals surface area contributed by atoms with E-state index in [9.17, 15) is 24.2 Å². The number of ketones is 1. The molecule has 0 aliphatic carbocycles. The van der Waals surface area contributed by atoms with Gasteiger partial charge in [0.15, 0.2) is 0 Å². The number of hydrogen-bond donors (Lipinski definition) is 3. The van der Waals surface area contributed by atoms with Crippen LogP contribution in [0.4, 0.5) is 11.4 Å². The maximum Gasteiger partial charge on any atom is 0.527 e. The quantitative estimate of drug-likeness (QED) is 0.0825. The first-order valence-electron chi connectivity index (χ1n) is 12.6. The lowest BCUT2D eigenvalue weighted by Gasteiger charge is -2.24. The number of nitrogens with two attached hydrogens (primary N) is 1. The number of esters is 1. The lowest BCUT2D eigenvalue weighted by Crippen LogP contribution is -2.38. The van der Waals surface area contributed by atoms with Gasteiger partial charge in [0.25, 0.3) is 5.78 Å². The number of ether oxygens (including phenoxy) is 1. The molecule has 0 radical (unpaired) electrons. The largest absolute Gasteiger partial charge is 0.527 e. The van der Waals surface area contributed by atoms with Crippen LogP contribution in [0.1, 0.15) is 11.1 Å². The first-order valence-corrected chi connectivity index (χ1v) is 14.1. The maximum absolute atomic E-state index is 12.4. The van der Waals surface area contributed by atoms with Crippen LogP contribution < -0.4 is 10.3 Å². The molecule has 0 bridgehead atoms. The molecule has 218 valence electrons. The van der Waals surface area contributed by atoms with E-state index >= 15 is 0 Å². The van der Waals surface area contributed by atoms with E-state index in [1.807, 2.05) is 27.2 Å². The molecule has 4 N–H and O–H groups in total. The topological polar surface area (TPSA) is 170 Å². The van der Waals surface area contributed by atoms with Gasteiger partial charge in [0.2, 0.25) is 0 Å². The molecule has 2 unspecified atom stereocenters. The number of azo groups is 1. The van der Waals surface area contributed by atoms with Crippen molar-refractivity contribution in [2.75, 3.05) is 34.3 Å². The molecule has 3 aromatic carbocycles. The Morgan fingerprint density at radius 1 is 0.976 bits per heavy atom. The SMILES string of the molecule is C[N+](C)(C)CCOP(=O)(O)Oc1ccc(N=Nc2cc(CC(N)C(=O)C(=O)OCc3ccccc3)ccc2O)cc1. The Morgan fingerprint density at radius 3 is 2.32 bits per heavy atom. The first-order chi connectivity index (χ1) is 19.3. The van der Waals surface area contributed by atoms with Crippen LogP contribution in [0.2, 0.25) is 0 Å². The molecule has 0 aromatic heterocycles. The number of quaternary nitrogens is 1. The van der Waals surface area contributed by atoms with Crippen LogP contribution >= 0.6 is 7.82 Å². The van der Waals surface area contributed by atoms with Crippen LogP contribution in [0.25, 0.3) is 0 Å². The van der Waals surface area contributed by atoms with Crippen molar-refractivity contribution in [3.63, 3.8) is 0 Å². The van der Waals surface area contributed by atoms with Gasteiger partial charge < -0.3 is 24.6 Å². The molecule has 0 aliphatic rings. The number of likely N-dealkylation sites (N-methyl/N-ethyl adjacent to an activating group) is 1. The minimum atomic E-state index is -4.29. The third kappa shape index (κ3) is 10.9. The summed E-state index contributed by atoms with van der Waals surface area (Å²) in [7, 11) is 1.49. The van der Waals surface area contributed by atoms with Gasteiger partial charge in [-0.2, -0.15) is 5.11 Å². The molecule has 0 heterocycles. The monoisotopic (exact) mass is 585 g/mol. The normalized spacial score (nSPS) is 13.9. The number of phenolic OH excluding ortho intramolecular Hbond substituents is 1. The number of carbonyl (C=O) groups excluding carboxylic acids is 2. The first kappa shape index (κ1) is 31.6. The number of hydrogen-bond acceptors (Lipinski definition) is 10. The number of phosphoric ester groups is 1. The van der Waals surface area contributed by atoms with Gasteiger partial charge in [0.1, 0.15) is 36.9 Å². The van der Waals surface area contributed by atoms with E-state index in [1.165, 1.54) is 36.4 Å². The van der Waals surface area contributed by atoms with Crippen LogP contribution in [0.15, 0.2) is 83.0 Å². The van der Waals surface area contributed by atoms with Gasteiger partial charge in [-0.3, -0.25) is 14.2 Å². The summed E-state index contributed by atoms with van der Waals surface area (Å²) in [6.07, 6.45) is 0.00611. The second-order valence-corrected chi connectivity index (χ2v) is 11.5. The minimum Gasteiger partial charge on any atom is -0.506 e. The molecule has 0 spiro atoms. The second-order valence-electron chi connectivity index (χ2n) is 10.2. The third-order valence-corrected chi connectivity index (χ3v) is 6.54. The lowest BCUT2D eigenvalue weighted by atomic mass is 10.0. The fraction of sp³-hybridized carbons (Fsp3) is 0.286. The Hall–Kier alpha value is -3.93. The Balaban J connectivity index is 1.56.